The molecule has 0 radical (unpaired) electrons. The predicted octanol–water partition coefficient (Wildman–Crippen LogP) is 3.47. The van der Waals surface area contributed by atoms with E-state index in [2.05, 4.69) is 22.8 Å². The molecule has 1 aromatic heterocycles. The van der Waals surface area contributed by atoms with Crippen molar-refractivity contribution < 1.29 is 23.8 Å². The average molecular weight is 522 g/mol. The number of carboxylic acids is 1. The Bertz CT molecular complexity index is 874. The number of nitrogens with zero attached hydrogens (tertiary/aromatic N) is 3. The molecule has 3 rings (SSSR count). The minimum atomic E-state index is -1.06. The highest BCUT2D eigenvalue weighted by Crippen LogP contribution is 2.23. The first-order valence-corrected chi connectivity index (χ1v) is 13.7. The minimum absolute atomic E-state index is 0.0911. The molecular weight excluding hydrogens is 477 g/mol. The van der Waals surface area contributed by atoms with Crippen LogP contribution in [0, 0.1) is 0 Å². The molecule has 0 aromatic carbocycles. The van der Waals surface area contributed by atoms with Crippen LogP contribution in [0.1, 0.15) is 63.6 Å². The Balaban J connectivity index is 1.52. The lowest BCUT2D eigenvalue weighted by atomic mass is 10.1. The number of aliphatic carboxylic acids is 1. The zero-order valence-electron chi connectivity index (χ0n) is 22.5. The summed E-state index contributed by atoms with van der Waals surface area (Å²) >= 11 is 0. The van der Waals surface area contributed by atoms with Gasteiger partial charge in [0.1, 0.15) is 18.5 Å². The van der Waals surface area contributed by atoms with Crippen LogP contribution in [0.5, 0.6) is 0 Å². The van der Waals surface area contributed by atoms with Crippen LogP contribution in [0.4, 0.5) is 15.0 Å². The van der Waals surface area contributed by atoms with Gasteiger partial charge in [-0.2, -0.15) is 0 Å². The molecule has 37 heavy (non-hydrogen) atoms. The number of halogens is 1. The van der Waals surface area contributed by atoms with Gasteiger partial charge in [-0.05, 0) is 83.4 Å². The van der Waals surface area contributed by atoms with Crippen molar-refractivity contribution in [2.45, 2.75) is 89.4 Å². The number of ether oxygens (including phenoxy) is 1. The highest BCUT2D eigenvalue weighted by molar-refractivity contribution is 5.83. The summed E-state index contributed by atoms with van der Waals surface area (Å²) in [6.45, 7) is 5.79. The number of hydrogen-bond acceptors (Lipinski definition) is 6. The number of anilines is 1. The van der Waals surface area contributed by atoms with E-state index < -0.39 is 24.8 Å². The summed E-state index contributed by atoms with van der Waals surface area (Å²) in [6.07, 6.45) is 6.32. The van der Waals surface area contributed by atoms with Gasteiger partial charge in [0.05, 0.1) is 6.10 Å². The van der Waals surface area contributed by atoms with Crippen LogP contribution in [0.3, 0.4) is 0 Å². The number of carboxylic acid groups (broad SMARTS) is 1. The largest absolute Gasteiger partial charge is 0.480 e. The number of aromatic nitrogens is 1. The Morgan fingerprint density at radius 3 is 2.70 bits per heavy atom. The highest BCUT2D eigenvalue weighted by atomic mass is 19.1. The smallest absolute Gasteiger partial charge is 0.326 e. The molecular formula is C27H44FN5O4. The van der Waals surface area contributed by atoms with E-state index in [9.17, 15) is 19.1 Å². The maximum atomic E-state index is 13.4. The van der Waals surface area contributed by atoms with E-state index in [1.54, 1.807) is 4.90 Å². The number of likely N-dealkylation sites (tertiary alicyclic amines) is 1. The van der Waals surface area contributed by atoms with E-state index in [1.807, 2.05) is 18.7 Å². The first kappa shape index (κ1) is 29.1. The second-order valence-corrected chi connectivity index (χ2v) is 10.4. The fourth-order valence-electron chi connectivity index (χ4n) is 5.31. The molecule has 2 aliphatic rings. The molecule has 3 N–H and O–H groups in total. The SMILES string of the molecule is CO[C@H](CF)CN(CCCCc1ccc2c(n1)NCCC2)CC[C@H](NC(=O)N1[C@H](C)CC[C@@H]1C)C(=O)O. The van der Waals surface area contributed by atoms with Gasteiger partial charge < -0.3 is 30.3 Å². The Kier molecular flexibility index (Phi) is 11.4. The lowest BCUT2D eigenvalue weighted by molar-refractivity contribution is -0.139. The number of methoxy groups -OCH3 is 1. The number of urea groups is 1. The molecule has 1 aromatic rings. The van der Waals surface area contributed by atoms with Gasteiger partial charge in [0.25, 0.3) is 0 Å². The van der Waals surface area contributed by atoms with Gasteiger partial charge in [-0.3, -0.25) is 0 Å². The molecule has 0 spiro atoms. The Hall–Kier alpha value is -2.46. The zero-order chi connectivity index (χ0) is 26.8. The Labute approximate surface area is 220 Å². The second kappa shape index (κ2) is 14.5. The van der Waals surface area contributed by atoms with Crippen molar-refractivity contribution in [1.29, 1.82) is 0 Å². The Morgan fingerprint density at radius 1 is 1.27 bits per heavy atom. The number of rotatable bonds is 14. The van der Waals surface area contributed by atoms with E-state index in [0.29, 0.717) is 19.6 Å². The van der Waals surface area contributed by atoms with Crippen LogP contribution in [0.25, 0.3) is 0 Å². The van der Waals surface area contributed by atoms with Gasteiger partial charge in [0.2, 0.25) is 0 Å². The van der Waals surface area contributed by atoms with E-state index in [1.165, 1.54) is 12.7 Å². The minimum Gasteiger partial charge on any atom is -0.480 e. The third kappa shape index (κ3) is 8.53. The number of carbonyl (C=O) groups is 2. The van der Waals surface area contributed by atoms with Crippen molar-refractivity contribution in [3.63, 3.8) is 0 Å². The van der Waals surface area contributed by atoms with Crippen molar-refractivity contribution in [1.82, 2.24) is 20.1 Å². The second-order valence-electron chi connectivity index (χ2n) is 10.4. The number of pyridine rings is 1. The molecule has 9 nitrogen and oxygen atoms in total. The molecule has 0 unspecified atom stereocenters. The maximum absolute atomic E-state index is 13.4. The fraction of sp³-hybridized carbons (Fsp3) is 0.741. The van der Waals surface area contributed by atoms with Crippen LogP contribution in [-0.4, -0.2) is 96.1 Å². The number of nitrogens with one attached hydrogen (secondary N) is 2. The van der Waals surface area contributed by atoms with Crippen LogP contribution in [0.15, 0.2) is 12.1 Å². The van der Waals surface area contributed by atoms with Gasteiger partial charge in [0.15, 0.2) is 0 Å². The monoisotopic (exact) mass is 521 g/mol. The summed E-state index contributed by atoms with van der Waals surface area (Å²) in [4.78, 5) is 33.2. The first-order chi connectivity index (χ1) is 17.8. The van der Waals surface area contributed by atoms with Gasteiger partial charge in [-0.15, -0.1) is 0 Å². The summed E-state index contributed by atoms with van der Waals surface area (Å²) in [7, 11) is 1.48. The molecule has 208 valence electrons. The number of carbonyl (C=O) groups excluding carboxylic acids is 1. The molecule has 3 heterocycles. The zero-order valence-corrected chi connectivity index (χ0v) is 22.5. The van der Waals surface area contributed by atoms with Crippen LogP contribution in [0.2, 0.25) is 0 Å². The summed E-state index contributed by atoms with van der Waals surface area (Å²) < 4.78 is 18.6. The van der Waals surface area contributed by atoms with E-state index >= 15 is 0 Å². The Morgan fingerprint density at radius 2 is 2.03 bits per heavy atom. The van der Waals surface area contributed by atoms with E-state index in [4.69, 9.17) is 9.72 Å². The number of unbranched alkanes of at least 4 members (excludes halogenated alkanes) is 1. The lowest BCUT2D eigenvalue weighted by Gasteiger charge is -2.30. The van der Waals surface area contributed by atoms with Crippen LogP contribution >= 0.6 is 0 Å². The number of amides is 2. The topological polar surface area (TPSA) is 107 Å². The van der Waals surface area contributed by atoms with Crippen molar-refractivity contribution in [2.75, 3.05) is 45.3 Å². The quantitative estimate of drug-likeness (QED) is 0.322. The molecule has 2 amide bonds. The standard InChI is InChI=1S/C27H44FN5O4/c1-19-9-10-20(2)33(19)27(36)31-24(26(34)35)13-16-32(18-23(17-28)37-3)15-5-4-8-22-12-11-21-7-6-14-29-25(21)30-22/h11-12,19-20,23-24H,4-10,13-18H2,1-3H3,(H,29,30)(H,31,36)(H,34,35)/t19-,20+,23-,24+/m1/s1. The molecule has 0 bridgehead atoms. The summed E-state index contributed by atoms with van der Waals surface area (Å²) in [5.41, 5.74) is 2.32. The number of hydrogen-bond donors (Lipinski definition) is 3. The lowest BCUT2D eigenvalue weighted by Crippen LogP contribution is -2.51. The summed E-state index contributed by atoms with van der Waals surface area (Å²) in [5.74, 6) is -0.0654. The van der Waals surface area contributed by atoms with E-state index in [-0.39, 0.29) is 24.5 Å². The van der Waals surface area contributed by atoms with Crippen LogP contribution < -0.4 is 10.6 Å². The average Bonchev–Trinajstić information content (AvgIpc) is 3.24. The number of alkyl halides is 1. The van der Waals surface area contributed by atoms with E-state index in [0.717, 1.165) is 63.0 Å². The molecule has 4 atom stereocenters. The number of fused-ring (bicyclic) bond motifs is 1. The van der Waals surface area contributed by atoms with Crippen LogP contribution in [-0.2, 0) is 22.4 Å². The molecule has 0 aliphatic carbocycles. The van der Waals surface area contributed by atoms with Crippen molar-refractivity contribution in [3.8, 4) is 0 Å². The summed E-state index contributed by atoms with van der Waals surface area (Å²) in [5, 5.41) is 15.8. The fourth-order valence-corrected chi connectivity index (χ4v) is 5.31. The van der Waals surface area contributed by atoms with Crippen molar-refractivity contribution in [3.05, 3.63) is 23.4 Å². The van der Waals surface area contributed by atoms with Gasteiger partial charge >= 0.3 is 12.0 Å². The number of aryl methyl sites for hydroxylation is 2. The third-order valence-electron chi connectivity index (χ3n) is 7.59. The normalized spacial score (nSPS) is 20.8. The predicted molar refractivity (Wildman–Crippen MR) is 142 cm³/mol. The van der Waals surface area contributed by atoms with Gasteiger partial charge in [-0.1, -0.05) is 6.07 Å². The first-order valence-electron chi connectivity index (χ1n) is 13.7. The van der Waals surface area contributed by atoms with Crippen molar-refractivity contribution >= 4 is 17.8 Å². The van der Waals surface area contributed by atoms with Gasteiger partial charge in [0, 0.05) is 44.5 Å². The molecule has 0 saturated carbocycles. The molecule has 1 saturated heterocycles. The highest BCUT2D eigenvalue weighted by Gasteiger charge is 2.33. The van der Waals surface area contributed by atoms with Crippen molar-refractivity contribution in [2.24, 2.45) is 0 Å². The molecule has 2 aliphatic heterocycles. The third-order valence-corrected chi connectivity index (χ3v) is 7.59. The molecule has 10 heteroatoms. The van der Waals surface area contributed by atoms with Gasteiger partial charge in [-0.25, -0.2) is 19.0 Å². The molecule has 1 fully saturated rings. The maximum Gasteiger partial charge on any atom is 0.326 e. The summed E-state index contributed by atoms with van der Waals surface area (Å²) in [6, 6.07) is 3.10.